The fourth-order valence-corrected chi connectivity index (χ4v) is 2.43. The zero-order valence-corrected chi connectivity index (χ0v) is 13.1. The average molecular weight is 306 g/mol. The predicted molar refractivity (Wildman–Crippen MR) is 91.5 cm³/mol. The van der Waals surface area contributed by atoms with Gasteiger partial charge in [-0.3, -0.25) is 4.79 Å². The van der Waals surface area contributed by atoms with Crippen LogP contribution in [0.15, 0.2) is 67.0 Å². The predicted octanol–water partition coefficient (Wildman–Crippen LogP) is 4.05. The summed E-state index contributed by atoms with van der Waals surface area (Å²) in [5.41, 5.74) is 3.27. The van der Waals surface area contributed by atoms with Gasteiger partial charge in [-0.05, 0) is 55.0 Å². The van der Waals surface area contributed by atoms with Crippen molar-refractivity contribution in [3.05, 3.63) is 78.1 Å². The quantitative estimate of drug-likeness (QED) is 0.790. The minimum Gasteiger partial charge on any atom is -0.495 e. The first-order chi connectivity index (χ1) is 11.2. The number of carbonyl (C=O) groups excluding carboxylic acids is 1. The Kier molecular flexibility index (Phi) is 4.15. The Balaban J connectivity index is 1.87. The minimum absolute atomic E-state index is 0.164. The number of nitrogens with one attached hydrogen (secondary N) is 1. The van der Waals surface area contributed by atoms with Gasteiger partial charge in [0.1, 0.15) is 5.75 Å². The van der Waals surface area contributed by atoms with Crippen LogP contribution in [0.4, 0.5) is 5.69 Å². The summed E-state index contributed by atoms with van der Waals surface area (Å²) >= 11 is 0. The Morgan fingerprint density at radius 1 is 1.04 bits per heavy atom. The van der Waals surface area contributed by atoms with Gasteiger partial charge in [0.2, 0.25) is 0 Å². The molecule has 1 aromatic heterocycles. The summed E-state index contributed by atoms with van der Waals surface area (Å²) in [7, 11) is 1.59. The van der Waals surface area contributed by atoms with Crippen molar-refractivity contribution in [3.63, 3.8) is 0 Å². The highest BCUT2D eigenvalue weighted by Crippen LogP contribution is 2.26. The molecule has 0 saturated carbocycles. The summed E-state index contributed by atoms with van der Waals surface area (Å²) in [4.78, 5) is 12.5. The molecule has 116 valence electrons. The lowest BCUT2D eigenvalue weighted by Crippen LogP contribution is -2.13. The van der Waals surface area contributed by atoms with Crippen molar-refractivity contribution in [2.24, 2.45) is 0 Å². The average Bonchev–Trinajstić information content (AvgIpc) is 3.10. The molecule has 0 radical (unpaired) electrons. The molecule has 0 aliphatic carbocycles. The van der Waals surface area contributed by atoms with E-state index < -0.39 is 0 Å². The Morgan fingerprint density at radius 3 is 2.57 bits per heavy atom. The van der Waals surface area contributed by atoms with E-state index >= 15 is 0 Å². The third-order valence-electron chi connectivity index (χ3n) is 3.61. The highest BCUT2D eigenvalue weighted by atomic mass is 16.5. The highest BCUT2D eigenvalue weighted by Gasteiger charge is 2.11. The summed E-state index contributed by atoms with van der Waals surface area (Å²) in [5, 5.41) is 2.92. The molecule has 1 amide bonds. The molecular formula is C19H18N2O2. The first-order valence-electron chi connectivity index (χ1n) is 7.37. The number of aromatic nitrogens is 1. The van der Waals surface area contributed by atoms with E-state index in [1.165, 1.54) is 0 Å². The first-order valence-corrected chi connectivity index (χ1v) is 7.37. The van der Waals surface area contributed by atoms with Gasteiger partial charge >= 0.3 is 0 Å². The lowest BCUT2D eigenvalue weighted by Gasteiger charge is -2.12. The topological polar surface area (TPSA) is 43.3 Å². The summed E-state index contributed by atoms with van der Waals surface area (Å²) in [6.07, 6.45) is 3.89. The van der Waals surface area contributed by atoms with Crippen molar-refractivity contribution in [1.29, 1.82) is 0 Å². The number of anilines is 1. The number of benzene rings is 2. The Hall–Kier alpha value is -3.01. The number of nitrogens with zero attached hydrogens (tertiary/aromatic N) is 1. The Labute approximate surface area is 135 Å². The lowest BCUT2D eigenvalue weighted by molar-refractivity contribution is 0.102. The molecule has 3 rings (SSSR count). The van der Waals surface area contributed by atoms with Gasteiger partial charge in [0.05, 0.1) is 12.8 Å². The molecular weight excluding hydrogens is 288 g/mol. The third kappa shape index (κ3) is 3.26. The normalized spacial score (nSPS) is 10.3. The molecule has 0 aliphatic heterocycles. The summed E-state index contributed by atoms with van der Waals surface area (Å²) in [6.45, 7) is 1.97. The van der Waals surface area contributed by atoms with Gasteiger partial charge < -0.3 is 14.6 Å². The van der Waals surface area contributed by atoms with Gasteiger partial charge in [0.25, 0.3) is 5.91 Å². The number of methoxy groups -OCH3 is 1. The van der Waals surface area contributed by atoms with E-state index in [2.05, 4.69) is 5.32 Å². The fraction of sp³-hybridized carbons (Fsp3) is 0.105. The van der Waals surface area contributed by atoms with E-state index in [9.17, 15) is 4.79 Å². The third-order valence-corrected chi connectivity index (χ3v) is 3.61. The van der Waals surface area contributed by atoms with Gasteiger partial charge in [-0.25, -0.2) is 0 Å². The molecule has 4 nitrogen and oxygen atoms in total. The van der Waals surface area contributed by atoms with Crippen LogP contribution in [0, 0.1) is 6.92 Å². The van der Waals surface area contributed by atoms with E-state index in [1.54, 1.807) is 13.2 Å². The van der Waals surface area contributed by atoms with Crippen molar-refractivity contribution in [3.8, 4) is 11.4 Å². The highest BCUT2D eigenvalue weighted by molar-refractivity contribution is 6.05. The molecule has 1 heterocycles. The summed E-state index contributed by atoms with van der Waals surface area (Å²) < 4.78 is 7.26. The van der Waals surface area contributed by atoms with Crippen molar-refractivity contribution in [2.45, 2.75) is 6.92 Å². The standard InChI is InChI=1S/C19H18N2O2/c1-14-8-9-18(23-2)17(12-14)20-19(22)15-6-5-7-16(13-15)21-10-3-4-11-21/h3-13H,1-2H3,(H,20,22). The molecule has 2 aromatic carbocycles. The number of hydrogen-bond acceptors (Lipinski definition) is 2. The number of carbonyl (C=O) groups is 1. The van der Waals surface area contributed by atoms with Crippen LogP contribution in [0.2, 0.25) is 0 Å². The summed E-state index contributed by atoms with van der Waals surface area (Å²) in [5.74, 6) is 0.480. The molecule has 4 heteroatoms. The van der Waals surface area contributed by atoms with E-state index in [1.807, 2.05) is 72.4 Å². The second-order valence-electron chi connectivity index (χ2n) is 5.30. The van der Waals surface area contributed by atoms with Crippen LogP contribution in [0.25, 0.3) is 5.69 Å². The van der Waals surface area contributed by atoms with Gasteiger partial charge in [0, 0.05) is 23.6 Å². The second kappa shape index (κ2) is 6.40. The maximum absolute atomic E-state index is 12.5. The van der Waals surface area contributed by atoms with Crippen LogP contribution in [0.5, 0.6) is 5.75 Å². The second-order valence-corrected chi connectivity index (χ2v) is 5.30. The summed E-state index contributed by atoms with van der Waals surface area (Å²) in [6, 6.07) is 17.1. The van der Waals surface area contributed by atoms with Gasteiger partial charge in [-0.1, -0.05) is 12.1 Å². The zero-order valence-electron chi connectivity index (χ0n) is 13.1. The smallest absolute Gasteiger partial charge is 0.255 e. The molecule has 0 spiro atoms. The largest absolute Gasteiger partial charge is 0.495 e. The van der Waals surface area contributed by atoms with Crippen LogP contribution < -0.4 is 10.1 Å². The molecule has 0 unspecified atom stereocenters. The first kappa shape index (κ1) is 14.9. The zero-order chi connectivity index (χ0) is 16.2. The van der Waals surface area contributed by atoms with E-state index in [-0.39, 0.29) is 5.91 Å². The molecule has 0 saturated heterocycles. The van der Waals surface area contributed by atoms with E-state index in [0.717, 1.165) is 11.3 Å². The molecule has 0 fully saturated rings. The maximum atomic E-state index is 12.5. The van der Waals surface area contributed by atoms with Gasteiger partial charge in [-0.2, -0.15) is 0 Å². The van der Waals surface area contributed by atoms with Crippen molar-refractivity contribution < 1.29 is 9.53 Å². The monoisotopic (exact) mass is 306 g/mol. The van der Waals surface area contributed by atoms with Crippen LogP contribution in [0.1, 0.15) is 15.9 Å². The van der Waals surface area contributed by atoms with Crippen molar-refractivity contribution in [2.75, 3.05) is 12.4 Å². The lowest BCUT2D eigenvalue weighted by atomic mass is 10.1. The van der Waals surface area contributed by atoms with Crippen molar-refractivity contribution >= 4 is 11.6 Å². The number of amides is 1. The molecule has 0 bridgehead atoms. The Morgan fingerprint density at radius 2 is 1.83 bits per heavy atom. The molecule has 0 aliphatic rings. The number of aryl methyl sites for hydroxylation is 1. The van der Waals surface area contributed by atoms with Crippen LogP contribution in [-0.4, -0.2) is 17.6 Å². The SMILES string of the molecule is COc1ccc(C)cc1NC(=O)c1cccc(-n2cccc2)c1. The molecule has 1 N–H and O–H groups in total. The number of hydrogen-bond donors (Lipinski definition) is 1. The van der Waals surface area contributed by atoms with Crippen LogP contribution in [0.3, 0.4) is 0 Å². The maximum Gasteiger partial charge on any atom is 0.255 e. The van der Waals surface area contributed by atoms with E-state index in [0.29, 0.717) is 17.0 Å². The van der Waals surface area contributed by atoms with Crippen LogP contribution >= 0.6 is 0 Å². The van der Waals surface area contributed by atoms with Crippen LogP contribution in [-0.2, 0) is 0 Å². The molecule has 3 aromatic rings. The molecule has 23 heavy (non-hydrogen) atoms. The van der Waals surface area contributed by atoms with Crippen molar-refractivity contribution in [1.82, 2.24) is 4.57 Å². The fourth-order valence-electron chi connectivity index (χ4n) is 2.43. The number of rotatable bonds is 4. The Bertz CT molecular complexity index is 823. The van der Waals surface area contributed by atoms with Gasteiger partial charge in [0.15, 0.2) is 0 Å². The van der Waals surface area contributed by atoms with E-state index in [4.69, 9.17) is 4.74 Å². The number of ether oxygens (including phenoxy) is 1. The minimum atomic E-state index is -0.164. The van der Waals surface area contributed by atoms with Gasteiger partial charge in [-0.15, -0.1) is 0 Å². The molecule has 0 atom stereocenters.